The van der Waals surface area contributed by atoms with Crippen LogP contribution in [0, 0.1) is 0 Å². The van der Waals surface area contributed by atoms with Crippen LogP contribution in [0.4, 0.5) is 5.69 Å². The Morgan fingerprint density at radius 1 is 0.977 bits per heavy atom. The van der Waals surface area contributed by atoms with Crippen LogP contribution >= 0.6 is 11.6 Å². The molecular weight excluding hydrogens is 562 g/mol. The van der Waals surface area contributed by atoms with E-state index in [1.54, 1.807) is 0 Å². The number of anilines is 1. The van der Waals surface area contributed by atoms with Gasteiger partial charge in [-0.25, -0.2) is 0 Å². The van der Waals surface area contributed by atoms with Crippen molar-refractivity contribution < 1.29 is 14.3 Å². The van der Waals surface area contributed by atoms with Crippen molar-refractivity contribution in [1.82, 2.24) is 20.9 Å². The summed E-state index contributed by atoms with van der Waals surface area (Å²) in [6.07, 6.45) is 3.02. The number of carbonyl (C=O) groups is 2. The molecule has 2 fully saturated rings. The molecule has 2 saturated heterocycles. The van der Waals surface area contributed by atoms with Crippen molar-refractivity contribution in [2.75, 3.05) is 44.2 Å². The molecule has 3 heterocycles. The van der Waals surface area contributed by atoms with Crippen molar-refractivity contribution >= 4 is 29.1 Å². The predicted molar refractivity (Wildman–Crippen MR) is 169 cm³/mol. The number of nitrogens with one attached hydrogen (secondary N) is 3. The number of benzene rings is 3. The molecule has 0 aromatic heterocycles. The first kappa shape index (κ1) is 29.5. The number of amides is 2. The number of piperazine rings is 1. The molecule has 2 amide bonds. The van der Waals surface area contributed by atoms with Crippen LogP contribution in [-0.2, 0) is 22.6 Å². The van der Waals surface area contributed by atoms with Crippen LogP contribution < -0.4 is 25.6 Å². The fourth-order valence-electron chi connectivity index (χ4n) is 6.36. The highest BCUT2D eigenvalue weighted by Crippen LogP contribution is 2.31. The maximum atomic E-state index is 13.9. The van der Waals surface area contributed by atoms with Gasteiger partial charge in [0.1, 0.15) is 17.9 Å². The largest absolute Gasteiger partial charge is 0.487 e. The minimum absolute atomic E-state index is 0.0550. The molecule has 0 bridgehead atoms. The number of carbonyl (C=O) groups excluding carboxylic acids is 2. The van der Waals surface area contributed by atoms with Gasteiger partial charge >= 0.3 is 0 Å². The number of hydrogen-bond acceptors (Lipinski definition) is 6. The lowest BCUT2D eigenvalue weighted by Gasteiger charge is -2.38. The van der Waals surface area contributed by atoms with Gasteiger partial charge in [-0.1, -0.05) is 60.1 Å². The van der Waals surface area contributed by atoms with Crippen molar-refractivity contribution in [1.29, 1.82) is 0 Å². The smallest absolute Gasteiger partial charge is 0.245 e. The van der Waals surface area contributed by atoms with Crippen LogP contribution in [0.2, 0.25) is 5.02 Å². The average Bonchev–Trinajstić information content (AvgIpc) is 3.45. The van der Waals surface area contributed by atoms with Crippen molar-refractivity contribution in [3.8, 4) is 5.75 Å². The fraction of sp³-hybridized carbons (Fsp3) is 0.412. The highest BCUT2D eigenvalue weighted by molar-refractivity contribution is 6.30. The lowest BCUT2D eigenvalue weighted by atomic mass is 10.0. The SMILES string of the molecule is O=C(CC1NCc2ccccc21)NC(Cc1ccc(Cl)cc1)C(=O)N1CCN(c2ccccc2O[C@@H]2CCCNC2)CC1. The van der Waals surface area contributed by atoms with E-state index in [0.29, 0.717) is 37.6 Å². The number of ether oxygens (including phenoxy) is 1. The summed E-state index contributed by atoms with van der Waals surface area (Å²) in [6, 6.07) is 23.1. The Bertz CT molecular complexity index is 1400. The summed E-state index contributed by atoms with van der Waals surface area (Å²) in [5.41, 5.74) is 4.39. The van der Waals surface area contributed by atoms with Crippen LogP contribution in [-0.4, -0.2) is 68.1 Å². The van der Waals surface area contributed by atoms with Gasteiger partial charge in [0, 0.05) is 63.2 Å². The van der Waals surface area contributed by atoms with E-state index in [9.17, 15) is 9.59 Å². The second kappa shape index (κ2) is 13.8. The number of fused-ring (bicyclic) bond motifs is 1. The molecule has 43 heavy (non-hydrogen) atoms. The maximum absolute atomic E-state index is 13.9. The van der Waals surface area contributed by atoms with Gasteiger partial charge in [0.25, 0.3) is 0 Å². The first-order valence-corrected chi connectivity index (χ1v) is 15.8. The van der Waals surface area contributed by atoms with Gasteiger partial charge in [0.15, 0.2) is 0 Å². The molecule has 3 aromatic carbocycles. The Balaban J connectivity index is 1.11. The molecule has 0 aliphatic carbocycles. The van der Waals surface area contributed by atoms with Crippen LogP contribution in [0.3, 0.4) is 0 Å². The zero-order valence-corrected chi connectivity index (χ0v) is 25.2. The van der Waals surface area contributed by atoms with Gasteiger partial charge in [-0.2, -0.15) is 0 Å². The molecule has 3 N–H and O–H groups in total. The summed E-state index contributed by atoms with van der Waals surface area (Å²) >= 11 is 6.11. The molecule has 3 aromatic rings. The van der Waals surface area contributed by atoms with Gasteiger partial charge in [-0.3, -0.25) is 9.59 Å². The van der Waals surface area contributed by atoms with Gasteiger partial charge in [0.05, 0.1) is 5.69 Å². The number of nitrogens with zero attached hydrogens (tertiary/aromatic N) is 2. The van der Waals surface area contributed by atoms with Crippen LogP contribution in [0.5, 0.6) is 5.75 Å². The third kappa shape index (κ3) is 7.32. The summed E-state index contributed by atoms with van der Waals surface area (Å²) in [5.74, 6) is 0.704. The minimum Gasteiger partial charge on any atom is -0.487 e. The van der Waals surface area contributed by atoms with Crippen molar-refractivity contribution in [3.63, 3.8) is 0 Å². The molecule has 0 radical (unpaired) electrons. The average molecular weight is 602 g/mol. The summed E-state index contributed by atoms with van der Waals surface area (Å²) in [7, 11) is 0. The number of rotatable bonds is 9. The molecule has 226 valence electrons. The Labute approximate surface area is 258 Å². The van der Waals surface area contributed by atoms with E-state index >= 15 is 0 Å². The topological polar surface area (TPSA) is 85.9 Å². The molecule has 3 aliphatic heterocycles. The zero-order chi connectivity index (χ0) is 29.6. The van der Waals surface area contributed by atoms with E-state index in [2.05, 4.69) is 39.0 Å². The number of piperidine rings is 1. The van der Waals surface area contributed by atoms with Crippen molar-refractivity contribution in [2.45, 2.75) is 50.4 Å². The van der Waals surface area contributed by atoms with E-state index in [4.69, 9.17) is 16.3 Å². The molecular formula is C34H40ClN5O3. The van der Waals surface area contributed by atoms with Gasteiger partial charge in [0.2, 0.25) is 11.8 Å². The van der Waals surface area contributed by atoms with Crippen molar-refractivity contribution in [3.05, 3.63) is 94.5 Å². The number of halogens is 1. The zero-order valence-electron chi connectivity index (χ0n) is 24.4. The van der Waals surface area contributed by atoms with Gasteiger partial charge in [-0.15, -0.1) is 0 Å². The third-order valence-electron chi connectivity index (χ3n) is 8.69. The molecule has 9 heteroatoms. The normalized spacial score (nSPS) is 20.8. The van der Waals surface area contributed by atoms with Crippen LogP contribution in [0.25, 0.3) is 0 Å². The molecule has 3 atom stereocenters. The van der Waals surface area contributed by atoms with E-state index < -0.39 is 6.04 Å². The third-order valence-corrected chi connectivity index (χ3v) is 8.94. The molecule has 6 rings (SSSR count). The monoisotopic (exact) mass is 601 g/mol. The fourth-order valence-corrected chi connectivity index (χ4v) is 6.49. The second-order valence-corrected chi connectivity index (χ2v) is 12.1. The lowest BCUT2D eigenvalue weighted by molar-refractivity contribution is -0.136. The van der Waals surface area contributed by atoms with Crippen LogP contribution in [0.15, 0.2) is 72.8 Å². The summed E-state index contributed by atoms with van der Waals surface area (Å²) < 4.78 is 6.40. The van der Waals surface area contributed by atoms with E-state index in [1.807, 2.05) is 59.5 Å². The first-order chi connectivity index (χ1) is 21.0. The van der Waals surface area contributed by atoms with Gasteiger partial charge in [-0.05, 0) is 60.3 Å². The Morgan fingerprint density at radius 2 is 1.74 bits per heavy atom. The Morgan fingerprint density at radius 3 is 2.53 bits per heavy atom. The van der Waals surface area contributed by atoms with Crippen LogP contribution in [0.1, 0.15) is 42.0 Å². The molecule has 3 aliphatic rings. The second-order valence-electron chi connectivity index (χ2n) is 11.7. The lowest BCUT2D eigenvalue weighted by Crippen LogP contribution is -2.55. The molecule has 2 unspecified atom stereocenters. The Kier molecular flexibility index (Phi) is 9.46. The van der Waals surface area contributed by atoms with E-state index in [0.717, 1.165) is 55.0 Å². The highest BCUT2D eigenvalue weighted by Gasteiger charge is 2.31. The van der Waals surface area contributed by atoms with E-state index in [-0.39, 0.29) is 30.4 Å². The molecule has 0 spiro atoms. The summed E-state index contributed by atoms with van der Waals surface area (Å²) in [6.45, 7) is 5.19. The standard InChI is InChI=1S/C34H40ClN5O3/c35-26-13-11-24(12-14-26)20-30(38-33(41)21-29-28-8-2-1-6-25(28)22-37-29)34(42)40-18-16-39(17-19-40)31-9-3-4-10-32(31)43-27-7-5-15-36-23-27/h1-4,6,8-14,27,29-30,36-37H,5,7,15-23H2,(H,38,41)/t27-,29?,30?/m1/s1. The van der Waals surface area contributed by atoms with Crippen molar-refractivity contribution in [2.24, 2.45) is 0 Å². The molecule has 8 nitrogen and oxygen atoms in total. The highest BCUT2D eigenvalue weighted by atomic mass is 35.5. The summed E-state index contributed by atoms with van der Waals surface area (Å²) in [4.78, 5) is 31.4. The maximum Gasteiger partial charge on any atom is 0.245 e. The predicted octanol–water partition coefficient (Wildman–Crippen LogP) is 4.08. The molecule has 0 saturated carbocycles. The van der Waals surface area contributed by atoms with Gasteiger partial charge < -0.3 is 30.5 Å². The number of para-hydroxylation sites is 2. The quantitative estimate of drug-likeness (QED) is 0.343. The van der Waals surface area contributed by atoms with E-state index in [1.165, 1.54) is 5.56 Å². The summed E-state index contributed by atoms with van der Waals surface area (Å²) in [5, 5.41) is 10.6. The Hall–Kier alpha value is -3.59. The number of hydrogen-bond donors (Lipinski definition) is 3. The minimum atomic E-state index is -0.661. The first-order valence-electron chi connectivity index (χ1n) is 15.4.